The van der Waals surface area contributed by atoms with Crippen molar-refractivity contribution in [2.45, 2.75) is 18.9 Å². The SMILES string of the molecule is C[C@@H]1CNCC[C@]12NC(=O)NC2=O. The predicted octanol–water partition coefficient (Wildman–Crippen LogP) is -0.806. The molecule has 2 rings (SSSR count). The van der Waals surface area contributed by atoms with Crippen molar-refractivity contribution in [3.05, 3.63) is 0 Å². The second-order valence-electron chi connectivity index (χ2n) is 3.73. The molecular weight excluding hydrogens is 170 g/mol. The average Bonchev–Trinajstić information content (AvgIpc) is 2.35. The zero-order chi connectivity index (χ0) is 9.47. The number of nitrogens with one attached hydrogen (secondary N) is 3. The first-order valence-corrected chi connectivity index (χ1v) is 4.49. The van der Waals surface area contributed by atoms with E-state index >= 15 is 0 Å². The van der Waals surface area contributed by atoms with Gasteiger partial charge in [0.05, 0.1) is 0 Å². The van der Waals surface area contributed by atoms with Crippen molar-refractivity contribution in [3.63, 3.8) is 0 Å². The number of hydrogen-bond acceptors (Lipinski definition) is 3. The average molecular weight is 183 g/mol. The fraction of sp³-hybridized carbons (Fsp3) is 0.750. The van der Waals surface area contributed by atoms with E-state index < -0.39 is 5.54 Å². The number of carbonyl (C=O) groups excluding carboxylic acids is 2. The van der Waals surface area contributed by atoms with Gasteiger partial charge < -0.3 is 10.6 Å². The van der Waals surface area contributed by atoms with E-state index in [0.717, 1.165) is 13.1 Å². The first kappa shape index (κ1) is 8.50. The number of carbonyl (C=O) groups is 2. The van der Waals surface area contributed by atoms with Gasteiger partial charge in [0, 0.05) is 12.5 Å². The molecule has 0 aromatic carbocycles. The maximum Gasteiger partial charge on any atom is 0.322 e. The number of urea groups is 1. The van der Waals surface area contributed by atoms with Crippen LogP contribution in [0, 0.1) is 5.92 Å². The molecule has 2 saturated heterocycles. The molecule has 3 amide bonds. The molecule has 0 saturated carbocycles. The first-order chi connectivity index (χ1) is 6.15. The summed E-state index contributed by atoms with van der Waals surface area (Å²) >= 11 is 0. The van der Waals surface area contributed by atoms with Crippen LogP contribution in [0.3, 0.4) is 0 Å². The molecule has 0 aromatic heterocycles. The van der Waals surface area contributed by atoms with Crippen LogP contribution in [0.1, 0.15) is 13.3 Å². The quantitative estimate of drug-likeness (QED) is 0.430. The number of piperidine rings is 1. The first-order valence-electron chi connectivity index (χ1n) is 4.49. The molecule has 0 aliphatic carbocycles. The molecule has 0 unspecified atom stereocenters. The third-order valence-corrected chi connectivity index (χ3v) is 2.96. The Hall–Kier alpha value is -1.10. The topological polar surface area (TPSA) is 70.2 Å². The van der Waals surface area contributed by atoms with Gasteiger partial charge in [-0.05, 0) is 13.0 Å². The maximum absolute atomic E-state index is 11.5. The van der Waals surface area contributed by atoms with Crippen LogP contribution in [0.25, 0.3) is 0 Å². The Bertz CT molecular complexity index is 266. The van der Waals surface area contributed by atoms with Crippen molar-refractivity contribution in [1.82, 2.24) is 16.0 Å². The Balaban J connectivity index is 2.26. The van der Waals surface area contributed by atoms with E-state index in [2.05, 4.69) is 16.0 Å². The van der Waals surface area contributed by atoms with Crippen LogP contribution in [-0.4, -0.2) is 30.6 Å². The lowest BCUT2D eigenvalue weighted by Gasteiger charge is -2.36. The minimum Gasteiger partial charge on any atom is -0.323 e. The summed E-state index contributed by atoms with van der Waals surface area (Å²) in [4.78, 5) is 22.6. The second kappa shape index (κ2) is 2.70. The monoisotopic (exact) mass is 183 g/mol. The normalized spacial score (nSPS) is 39.0. The molecule has 13 heavy (non-hydrogen) atoms. The van der Waals surface area contributed by atoms with Crippen LogP contribution < -0.4 is 16.0 Å². The lowest BCUT2D eigenvalue weighted by atomic mass is 9.80. The van der Waals surface area contributed by atoms with Crippen molar-refractivity contribution >= 4 is 11.9 Å². The van der Waals surface area contributed by atoms with Crippen molar-refractivity contribution in [2.75, 3.05) is 13.1 Å². The summed E-state index contributed by atoms with van der Waals surface area (Å²) < 4.78 is 0. The summed E-state index contributed by atoms with van der Waals surface area (Å²) in [6, 6.07) is -0.362. The zero-order valence-electron chi connectivity index (χ0n) is 7.52. The third-order valence-electron chi connectivity index (χ3n) is 2.96. The summed E-state index contributed by atoms with van der Waals surface area (Å²) in [5.74, 6) is -0.0285. The summed E-state index contributed by atoms with van der Waals surface area (Å²) in [7, 11) is 0. The van der Waals surface area contributed by atoms with E-state index in [0.29, 0.717) is 6.42 Å². The molecule has 72 valence electrons. The van der Waals surface area contributed by atoms with Gasteiger partial charge in [-0.2, -0.15) is 0 Å². The van der Waals surface area contributed by atoms with Crippen molar-refractivity contribution in [1.29, 1.82) is 0 Å². The standard InChI is InChI=1S/C8H13N3O2/c1-5-4-9-3-2-8(5)6(12)10-7(13)11-8/h5,9H,2-4H2,1H3,(H2,10,11,12,13)/t5-,8+/m1/s1. The molecule has 5 nitrogen and oxygen atoms in total. The van der Waals surface area contributed by atoms with Crippen LogP contribution in [0.2, 0.25) is 0 Å². The molecular formula is C8H13N3O2. The Kier molecular flexibility index (Phi) is 1.76. The molecule has 2 aliphatic rings. The number of amides is 3. The van der Waals surface area contributed by atoms with Crippen LogP contribution >= 0.6 is 0 Å². The highest BCUT2D eigenvalue weighted by Gasteiger charge is 2.50. The molecule has 3 N–H and O–H groups in total. The third kappa shape index (κ3) is 1.11. The summed E-state index contributed by atoms with van der Waals surface area (Å²) in [5, 5.41) is 8.21. The van der Waals surface area contributed by atoms with Crippen molar-refractivity contribution < 1.29 is 9.59 Å². The van der Waals surface area contributed by atoms with E-state index in [1.807, 2.05) is 6.92 Å². The molecule has 5 heteroatoms. The van der Waals surface area contributed by atoms with E-state index in [1.165, 1.54) is 0 Å². The van der Waals surface area contributed by atoms with E-state index in [-0.39, 0.29) is 17.9 Å². The van der Waals surface area contributed by atoms with Crippen molar-refractivity contribution in [3.8, 4) is 0 Å². The lowest BCUT2D eigenvalue weighted by molar-refractivity contribution is -0.126. The minimum absolute atomic E-state index is 0.146. The zero-order valence-corrected chi connectivity index (χ0v) is 7.52. The highest BCUT2D eigenvalue weighted by molar-refractivity contribution is 6.07. The van der Waals surface area contributed by atoms with Gasteiger partial charge in [-0.15, -0.1) is 0 Å². The highest BCUT2D eigenvalue weighted by atomic mass is 16.2. The second-order valence-corrected chi connectivity index (χ2v) is 3.73. The Morgan fingerprint density at radius 1 is 1.46 bits per heavy atom. The Morgan fingerprint density at radius 3 is 2.77 bits per heavy atom. The number of imide groups is 1. The van der Waals surface area contributed by atoms with Gasteiger partial charge in [-0.1, -0.05) is 6.92 Å². The van der Waals surface area contributed by atoms with E-state index in [4.69, 9.17) is 0 Å². The Morgan fingerprint density at radius 2 is 2.23 bits per heavy atom. The molecule has 2 aliphatic heterocycles. The molecule has 0 radical (unpaired) electrons. The fourth-order valence-corrected chi connectivity index (χ4v) is 2.05. The van der Waals surface area contributed by atoms with Gasteiger partial charge in [0.1, 0.15) is 5.54 Å². The summed E-state index contributed by atoms with van der Waals surface area (Å²) in [6.45, 7) is 3.52. The highest BCUT2D eigenvalue weighted by Crippen LogP contribution is 2.27. The summed E-state index contributed by atoms with van der Waals surface area (Å²) in [5.41, 5.74) is -0.650. The molecule has 0 aromatic rings. The summed E-state index contributed by atoms with van der Waals surface area (Å²) in [6.07, 6.45) is 0.672. The molecule has 0 bridgehead atoms. The predicted molar refractivity (Wildman–Crippen MR) is 46.1 cm³/mol. The van der Waals surface area contributed by atoms with Gasteiger partial charge in [-0.3, -0.25) is 10.1 Å². The van der Waals surface area contributed by atoms with Gasteiger partial charge in [-0.25, -0.2) is 4.79 Å². The number of hydrogen-bond donors (Lipinski definition) is 3. The molecule has 2 fully saturated rings. The van der Waals surface area contributed by atoms with Crippen LogP contribution in [0.15, 0.2) is 0 Å². The van der Waals surface area contributed by atoms with Gasteiger partial charge in [0.2, 0.25) is 0 Å². The smallest absolute Gasteiger partial charge is 0.322 e. The largest absolute Gasteiger partial charge is 0.323 e. The lowest BCUT2D eigenvalue weighted by Crippen LogP contribution is -2.59. The number of rotatable bonds is 0. The minimum atomic E-state index is -0.650. The van der Waals surface area contributed by atoms with Crippen molar-refractivity contribution in [2.24, 2.45) is 5.92 Å². The van der Waals surface area contributed by atoms with E-state index in [1.54, 1.807) is 0 Å². The van der Waals surface area contributed by atoms with E-state index in [9.17, 15) is 9.59 Å². The maximum atomic E-state index is 11.5. The van der Waals surface area contributed by atoms with Crippen LogP contribution in [-0.2, 0) is 4.79 Å². The van der Waals surface area contributed by atoms with Crippen LogP contribution in [0.4, 0.5) is 4.79 Å². The fourth-order valence-electron chi connectivity index (χ4n) is 2.05. The van der Waals surface area contributed by atoms with Crippen LogP contribution in [0.5, 0.6) is 0 Å². The molecule has 2 heterocycles. The van der Waals surface area contributed by atoms with Gasteiger partial charge in [0.25, 0.3) is 5.91 Å². The van der Waals surface area contributed by atoms with Gasteiger partial charge >= 0.3 is 6.03 Å². The van der Waals surface area contributed by atoms with Gasteiger partial charge in [0.15, 0.2) is 0 Å². The molecule has 1 spiro atoms. The molecule has 2 atom stereocenters. The Labute approximate surface area is 76.3 Å².